The maximum Gasteiger partial charge on any atom is 0.256 e. The molecule has 0 radical (unpaired) electrons. The summed E-state index contributed by atoms with van der Waals surface area (Å²) >= 11 is 0. The second-order valence-electron chi connectivity index (χ2n) is 6.91. The van der Waals surface area contributed by atoms with Gasteiger partial charge < -0.3 is 20.8 Å². The summed E-state index contributed by atoms with van der Waals surface area (Å²) < 4.78 is 28.7. The zero-order valence-electron chi connectivity index (χ0n) is 15.5. The topological polar surface area (TPSA) is 94.5 Å². The number of pyridine rings is 1. The number of carbonyl (C=O) groups is 1. The molecule has 3 rings (SSSR count). The summed E-state index contributed by atoms with van der Waals surface area (Å²) in [4.78, 5) is 16.4. The number of nitrogens with zero attached hydrogens (tertiary/aromatic N) is 1. The van der Waals surface area contributed by atoms with Gasteiger partial charge in [-0.25, -0.2) is 8.78 Å². The Kier molecular flexibility index (Phi) is 6.21. The van der Waals surface area contributed by atoms with E-state index in [0.717, 1.165) is 11.8 Å². The second kappa shape index (κ2) is 8.62. The summed E-state index contributed by atoms with van der Waals surface area (Å²) in [5.41, 5.74) is 0.572. The third-order valence-electron chi connectivity index (χ3n) is 4.98. The molecule has 8 heteroatoms. The normalized spacial score (nSPS) is 22.0. The molecular weight excluding hydrogens is 368 g/mol. The molecule has 0 aliphatic heterocycles. The van der Waals surface area contributed by atoms with Crippen molar-refractivity contribution in [3.05, 3.63) is 53.4 Å². The van der Waals surface area contributed by atoms with Crippen LogP contribution in [0.25, 0.3) is 0 Å². The van der Waals surface area contributed by atoms with Gasteiger partial charge in [0.15, 0.2) is 5.82 Å². The van der Waals surface area contributed by atoms with Gasteiger partial charge in [-0.2, -0.15) is 0 Å². The third kappa shape index (κ3) is 4.28. The van der Waals surface area contributed by atoms with E-state index in [1.807, 2.05) is 6.92 Å². The number of aliphatic hydroxyl groups is 2. The van der Waals surface area contributed by atoms with Gasteiger partial charge in [0.1, 0.15) is 11.4 Å². The van der Waals surface area contributed by atoms with Crippen molar-refractivity contribution in [3.63, 3.8) is 0 Å². The van der Waals surface area contributed by atoms with Crippen molar-refractivity contribution in [3.8, 4) is 0 Å². The van der Waals surface area contributed by atoms with Gasteiger partial charge >= 0.3 is 0 Å². The van der Waals surface area contributed by atoms with Crippen LogP contribution in [0.15, 0.2) is 30.6 Å². The summed E-state index contributed by atoms with van der Waals surface area (Å²) in [5.74, 6) is -2.18. The second-order valence-corrected chi connectivity index (χ2v) is 6.91. The van der Waals surface area contributed by atoms with Crippen molar-refractivity contribution in [1.29, 1.82) is 0 Å². The standard InChI is InChI=1S/C20H23F2N3O3/c1-2-11-6-7-14(12(21)8-11)24-16-10-23-9-13(22)18(16)20(28)25-15-4-3-5-17(26)19(15)27/h6-10,15,17,19,24,26-27H,2-5H2,1H3,(H,25,28). The fourth-order valence-electron chi connectivity index (χ4n) is 3.34. The van der Waals surface area contributed by atoms with Crippen LogP contribution < -0.4 is 10.6 Å². The summed E-state index contributed by atoms with van der Waals surface area (Å²) in [6, 6.07) is 3.92. The highest BCUT2D eigenvalue weighted by molar-refractivity contribution is 6.00. The average molecular weight is 391 g/mol. The van der Waals surface area contributed by atoms with E-state index in [1.54, 1.807) is 6.07 Å². The molecule has 1 fully saturated rings. The van der Waals surface area contributed by atoms with Gasteiger partial charge in [0.05, 0.1) is 42.0 Å². The Bertz CT molecular complexity index is 863. The SMILES string of the molecule is CCc1ccc(Nc2cncc(F)c2C(=O)NC2CCCC(O)C2O)c(F)c1. The first-order valence-electron chi connectivity index (χ1n) is 9.26. The summed E-state index contributed by atoms with van der Waals surface area (Å²) in [6.07, 6.45) is 2.26. The summed E-state index contributed by atoms with van der Waals surface area (Å²) in [5, 5.41) is 25.1. The number of hydrogen-bond donors (Lipinski definition) is 4. The average Bonchev–Trinajstić information content (AvgIpc) is 2.67. The van der Waals surface area contributed by atoms with Crippen molar-refractivity contribution >= 4 is 17.3 Å². The number of nitrogens with one attached hydrogen (secondary N) is 2. The third-order valence-corrected chi connectivity index (χ3v) is 4.98. The monoisotopic (exact) mass is 391 g/mol. The highest BCUT2D eigenvalue weighted by Crippen LogP contribution is 2.26. The van der Waals surface area contributed by atoms with E-state index in [9.17, 15) is 23.8 Å². The molecule has 1 aromatic heterocycles. The lowest BCUT2D eigenvalue weighted by Gasteiger charge is -2.32. The van der Waals surface area contributed by atoms with Crippen LogP contribution in [0.5, 0.6) is 0 Å². The van der Waals surface area contributed by atoms with Gasteiger partial charge in [-0.1, -0.05) is 13.0 Å². The number of rotatable bonds is 5. The fourth-order valence-corrected chi connectivity index (χ4v) is 3.34. The number of hydrogen-bond acceptors (Lipinski definition) is 5. The predicted octanol–water partition coefficient (Wildman–Crippen LogP) is 2.67. The molecule has 3 unspecified atom stereocenters. The predicted molar refractivity (Wildman–Crippen MR) is 100 cm³/mol. The molecule has 0 saturated heterocycles. The van der Waals surface area contributed by atoms with Crippen molar-refractivity contribution < 1.29 is 23.8 Å². The Morgan fingerprint density at radius 1 is 1.18 bits per heavy atom. The fraction of sp³-hybridized carbons (Fsp3) is 0.400. The molecule has 1 saturated carbocycles. The molecule has 1 aliphatic rings. The Balaban J connectivity index is 1.85. The molecule has 1 aromatic carbocycles. The lowest BCUT2D eigenvalue weighted by atomic mass is 9.90. The van der Waals surface area contributed by atoms with E-state index in [4.69, 9.17) is 0 Å². The van der Waals surface area contributed by atoms with Crippen LogP contribution in [0, 0.1) is 11.6 Å². The molecule has 1 amide bonds. The molecule has 0 bridgehead atoms. The molecule has 3 atom stereocenters. The molecule has 150 valence electrons. The lowest BCUT2D eigenvalue weighted by molar-refractivity contribution is -0.0278. The van der Waals surface area contributed by atoms with Crippen LogP contribution in [-0.2, 0) is 6.42 Å². The number of aryl methyl sites for hydroxylation is 1. The summed E-state index contributed by atoms with van der Waals surface area (Å²) in [7, 11) is 0. The molecule has 0 spiro atoms. The van der Waals surface area contributed by atoms with Gasteiger partial charge in [-0.3, -0.25) is 9.78 Å². The highest BCUT2D eigenvalue weighted by atomic mass is 19.1. The van der Waals surface area contributed by atoms with Crippen LogP contribution in [0.2, 0.25) is 0 Å². The largest absolute Gasteiger partial charge is 0.390 e. The molecule has 6 nitrogen and oxygen atoms in total. The van der Waals surface area contributed by atoms with Gasteiger partial charge in [-0.15, -0.1) is 0 Å². The first kappa shape index (κ1) is 20.2. The minimum Gasteiger partial charge on any atom is -0.390 e. The smallest absolute Gasteiger partial charge is 0.256 e. The minimum absolute atomic E-state index is 0.00601. The van der Waals surface area contributed by atoms with Crippen LogP contribution in [0.1, 0.15) is 42.1 Å². The molecule has 1 aliphatic carbocycles. The zero-order chi connectivity index (χ0) is 20.3. The van der Waals surface area contributed by atoms with Crippen LogP contribution in [-0.4, -0.2) is 39.4 Å². The maximum absolute atomic E-state index is 14.4. The van der Waals surface area contributed by atoms with Crippen molar-refractivity contribution in [1.82, 2.24) is 10.3 Å². The number of aromatic nitrogens is 1. The van der Waals surface area contributed by atoms with Gasteiger partial charge in [0, 0.05) is 0 Å². The van der Waals surface area contributed by atoms with E-state index < -0.39 is 35.8 Å². The molecule has 4 N–H and O–H groups in total. The Hall–Kier alpha value is -2.58. The number of benzene rings is 1. The maximum atomic E-state index is 14.4. The highest BCUT2D eigenvalue weighted by Gasteiger charge is 2.32. The molecule has 2 aromatic rings. The van der Waals surface area contributed by atoms with Crippen molar-refractivity contribution in [2.75, 3.05) is 5.32 Å². The number of carbonyl (C=O) groups excluding carboxylic acids is 1. The quantitative estimate of drug-likeness (QED) is 0.629. The number of aliphatic hydroxyl groups excluding tert-OH is 2. The minimum atomic E-state index is -1.13. The van der Waals surface area contributed by atoms with Crippen LogP contribution in [0.4, 0.5) is 20.2 Å². The number of halogens is 2. The van der Waals surface area contributed by atoms with Crippen molar-refractivity contribution in [2.45, 2.75) is 50.9 Å². The molecule has 1 heterocycles. The molecular formula is C20H23F2N3O3. The Morgan fingerprint density at radius 2 is 1.96 bits per heavy atom. The number of anilines is 2. The number of amides is 1. The molecule has 28 heavy (non-hydrogen) atoms. The first-order valence-corrected chi connectivity index (χ1v) is 9.26. The van der Waals surface area contributed by atoms with Crippen molar-refractivity contribution in [2.24, 2.45) is 0 Å². The van der Waals surface area contributed by atoms with E-state index in [2.05, 4.69) is 15.6 Å². The van der Waals surface area contributed by atoms with Gasteiger partial charge in [-0.05, 0) is 43.4 Å². The van der Waals surface area contributed by atoms with E-state index in [1.165, 1.54) is 18.3 Å². The lowest BCUT2D eigenvalue weighted by Crippen LogP contribution is -2.51. The van der Waals surface area contributed by atoms with Gasteiger partial charge in [0.2, 0.25) is 0 Å². The van der Waals surface area contributed by atoms with E-state index in [-0.39, 0.29) is 16.9 Å². The Morgan fingerprint density at radius 3 is 2.68 bits per heavy atom. The van der Waals surface area contributed by atoms with Crippen LogP contribution in [0.3, 0.4) is 0 Å². The zero-order valence-corrected chi connectivity index (χ0v) is 15.5. The van der Waals surface area contributed by atoms with Gasteiger partial charge in [0.25, 0.3) is 5.91 Å². The first-order chi connectivity index (χ1) is 13.4. The van der Waals surface area contributed by atoms with E-state index >= 15 is 0 Å². The summed E-state index contributed by atoms with van der Waals surface area (Å²) in [6.45, 7) is 1.90. The Labute approximate surface area is 161 Å². The van der Waals surface area contributed by atoms with Crippen LogP contribution >= 0.6 is 0 Å². The van der Waals surface area contributed by atoms with E-state index in [0.29, 0.717) is 25.7 Å².